The van der Waals surface area contributed by atoms with Crippen LogP contribution in [-0.2, 0) is 0 Å². The van der Waals surface area contributed by atoms with Crippen LogP contribution in [0.4, 0.5) is 0 Å². The normalized spacial score (nSPS) is 10.6. The van der Waals surface area contributed by atoms with Crippen LogP contribution in [0.5, 0.6) is 5.75 Å². The maximum atomic E-state index is 12.0. The van der Waals surface area contributed by atoms with E-state index in [1.165, 1.54) is 16.2 Å². The van der Waals surface area contributed by atoms with Gasteiger partial charge in [0, 0.05) is 13.6 Å². The summed E-state index contributed by atoms with van der Waals surface area (Å²) in [7, 11) is 3.24. The summed E-state index contributed by atoms with van der Waals surface area (Å²) in [5, 5.41) is 9.24. The highest BCUT2D eigenvalue weighted by Gasteiger charge is 2.16. The van der Waals surface area contributed by atoms with Crippen molar-refractivity contribution in [3.63, 3.8) is 0 Å². The van der Waals surface area contributed by atoms with Crippen LogP contribution in [0, 0.1) is 0 Å². The monoisotopic (exact) mass is 266 g/mol. The minimum absolute atomic E-state index is 0.0546. The average Bonchev–Trinajstić information content (AvgIpc) is 2.80. The lowest BCUT2D eigenvalue weighted by molar-refractivity contribution is 0.0767. The zero-order valence-electron chi connectivity index (χ0n) is 10.2. The van der Waals surface area contributed by atoms with Gasteiger partial charge in [-0.25, -0.2) is 4.98 Å². The number of carbonyl (C=O) groups excluding carboxylic acids is 1. The van der Waals surface area contributed by atoms with Gasteiger partial charge in [-0.05, 0) is 18.2 Å². The molecule has 1 heterocycles. The van der Waals surface area contributed by atoms with Gasteiger partial charge in [0.15, 0.2) is 5.01 Å². The number of hydrogen-bond donors (Lipinski definition) is 1. The second-order valence-electron chi connectivity index (χ2n) is 3.80. The zero-order valence-corrected chi connectivity index (χ0v) is 11.0. The van der Waals surface area contributed by atoms with Gasteiger partial charge in [0.2, 0.25) is 0 Å². The standard InChI is InChI=1S/C12H14N2O3S/c1-14(5-6-15)12(16)11-13-9-4-3-8(17-2)7-10(9)18-11/h3-4,7,15H,5-6H2,1-2H3. The van der Waals surface area contributed by atoms with E-state index in [1.54, 1.807) is 14.2 Å². The number of fused-ring (bicyclic) bond motifs is 1. The molecular formula is C12H14N2O3S. The Kier molecular flexibility index (Phi) is 3.78. The molecule has 0 fully saturated rings. The second-order valence-corrected chi connectivity index (χ2v) is 4.83. The van der Waals surface area contributed by atoms with Crippen molar-refractivity contribution in [2.45, 2.75) is 0 Å². The molecule has 0 atom stereocenters. The van der Waals surface area contributed by atoms with E-state index >= 15 is 0 Å². The number of amides is 1. The average molecular weight is 266 g/mol. The SMILES string of the molecule is COc1ccc2nc(C(=O)N(C)CCO)sc2c1. The molecule has 6 heteroatoms. The van der Waals surface area contributed by atoms with Crippen molar-refractivity contribution in [1.29, 1.82) is 0 Å². The number of hydrogen-bond acceptors (Lipinski definition) is 5. The van der Waals surface area contributed by atoms with E-state index in [2.05, 4.69) is 4.98 Å². The molecule has 0 aliphatic rings. The topological polar surface area (TPSA) is 62.7 Å². The molecule has 1 amide bonds. The first-order valence-electron chi connectivity index (χ1n) is 5.46. The fourth-order valence-corrected chi connectivity index (χ4v) is 2.53. The number of thiazole rings is 1. The number of rotatable bonds is 4. The summed E-state index contributed by atoms with van der Waals surface area (Å²) in [6.45, 7) is 0.249. The number of aliphatic hydroxyl groups is 1. The van der Waals surface area contributed by atoms with E-state index < -0.39 is 0 Å². The van der Waals surface area contributed by atoms with Crippen LogP contribution in [0.15, 0.2) is 18.2 Å². The number of methoxy groups -OCH3 is 1. The number of aromatic nitrogens is 1. The Morgan fingerprint density at radius 1 is 1.56 bits per heavy atom. The molecule has 0 aliphatic carbocycles. The highest BCUT2D eigenvalue weighted by molar-refractivity contribution is 7.20. The molecule has 1 N–H and O–H groups in total. The van der Waals surface area contributed by atoms with Crippen LogP contribution in [0.3, 0.4) is 0 Å². The number of nitrogens with zero attached hydrogens (tertiary/aromatic N) is 2. The van der Waals surface area contributed by atoms with Crippen molar-refractivity contribution in [2.24, 2.45) is 0 Å². The minimum Gasteiger partial charge on any atom is -0.497 e. The van der Waals surface area contributed by atoms with Gasteiger partial charge in [0.1, 0.15) is 5.75 Å². The van der Waals surface area contributed by atoms with E-state index in [0.717, 1.165) is 16.0 Å². The van der Waals surface area contributed by atoms with Crippen molar-refractivity contribution < 1.29 is 14.6 Å². The lowest BCUT2D eigenvalue weighted by Crippen LogP contribution is -2.29. The third-order valence-electron chi connectivity index (χ3n) is 2.56. The number of benzene rings is 1. The molecule has 2 rings (SSSR count). The first-order chi connectivity index (χ1) is 8.65. The molecule has 1 aromatic carbocycles. The van der Waals surface area contributed by atoms with Gasteiger partial charge in [-0.2, -0.15) is 0 Å². The zero-order chi connectivity index (χ0) is 13.1. The molecule has 5 nitrogen and oxygen atoms in total. The molecule has 0 spiro atoms. The smallest absolute Gasteiger partial charge is 0.282 e. The summed E-state index contributed by atoms with van der Waals surface area (Å²) < 4.78 is 6.04. The summed E-state index contributed by atoms with van der Waals surface area (Å²) in [6.07, 6.45) is 0. The summed E-state index contributed by atoms with van der Waals surface area (Å²) >= 11 is 1.33. The fourth-order valence-electron chi connectivity index (χ4n) is 1.54. The van der Waals surface area contributed by atoms with Gasteiger partial charge in [0.25, 0.3) is 5.91 Å². The largest absolute Gasteiger partial charge is 0.497 e. The Morgan fingerprint density at radius 2 is 2.33 bits per heavy atom. The van der Waals surface area contributed by atoms with E-state index in [1.807, 2.05) is 18.2 Å². The Balaban J connectivity index is 2.32. The van der Waals surface area contributed by atoms with E-state index in [0.29, 0.717) is 11.6 Å². The van der Waals surface area contributed by atoms with Gasteiger partial charge < -0.3 is 14.7 Å². The lowest BCUT2D eigenvalue weighted by atomic mass is 10.3. The third kappa shape index (κ3) is 2.44. The Morgan fingerprint density at radius 3 is 3.00 bits per heavy atom. The summed E-state index contributed by atoms with van der Waals surface area (Å²) in [6, 6.07) is 5.50. The van der Waals surface area contributed by atoms with Gasteiger partial charge in [0.05, 0.1) is 23.9 Å². The highest BCUT2D eigenvalue weighted by atomic mass is 32.1. The van der Waals surface area contributed by atoms with Crippen LogP contribution in [-0.4, -0.2) is 48.2 Å². The first-order valence-corrected chi connectivity index (χ1v) is 6.28. The van der Waals surface area contributed by atoms with Crippen LogP contribution in [0.25, 0.3) is 10.2 Å². The molecule has 2 aromatic rings. The predicted molar refractivity (Wildman–Crippen MR) is 70.2 cm³/mol. The van der Waals surface area contributed by atoms with Gasteiger partial charge in [-0.1, -0.05) is 0 Å². The van der Waals surface area contributed by atoms with Crippen molar-refractivity contribution in [3.05, 3.63) is 23.2 Å². The fraction of sp³-hybridized carbons (Fsp3) is 0.333. The van der Waals surface area contributed by atoms with E-state index in [4.69, 9.17) is 9.84 Å². The van der Waals surface area contributed by atoms with Gasteiger partial charge in [-0.15, -0.1) is 11.3 Å². The van der Waals surface area contributed by atoms with Gasteiger partial charge >= 0.3 is 0 Å². The maximum absolute atomic E-state index is 12.0. The van der Waals surface area contributed by atoms with E-state index in [9.17, 15) is 4.79 Å². The summed E-state index contributed by atoms with van der Waals surface area (Å²) in [5.74, 6) is 0.568. The lowest BCUT2D eigenvalue weighted by Gasteiger charge is -2.12. The molecule has 1 aromatic heterocycles. The number of likely N-dealkylation sites (N-methyl/N-ethyl adjacent to an activating group) is 1. The Bertz CT molecular complexity index is 567. The van der Waals surface area contributed by atoms with Crippen molar-refractivity contribution in [2.75, 3.05) is 27.3 Å². The molecule has 0 radical (unpaired) electrons. The summed E-state index contributed by atoms with van der Waals surface area (Å²) in [5.41, 5.74) is 0.779. The van der Waals surface area contributed by atoms with Crippen molar-refractivity contribution in [1.82, 2.24) is 9.88 Å². The van der Waals surface area contributed by atoms with Crippen LogP contribution < -0.4 is 4.74 Å². The predicted octanol–water partition coefficient (Wildman–Crippen LogP) is 1.37. The highest BCUT2D eigenvalue weighted by Crippen LogP contribution is 2.26. The number of ether oxygens (including phenoxy) is 1. The minimum atomic E-state index is -0.177. The van der Waals surface area contributed by atoms with Crippen LogP contribution in [0.2, 0.25) is 0 Å². The summed E-state index contributed by atoms with van der Waals surface area (Å²) in [4.78, 5) is 17.7. The second kappa shape index (κ2) is 5.32. The molecule has 0 unspecified atom stereocenters. The Hall–Kier alpha value is -1.66. The first kappa shape index (κ1) is 12.8. The van der Waals surface area contributed by atoms with Crippen molar-refractivity contribution >= 4 is 27.5 Å². The molecule has 18 heavy (non-hydrogen) atoms. The van der Waals surface area contributed by atoms with Crippen LogP contribution in [0.1, 0.15) is 9.80 Å². The number of aliphatic hydroxyl groups excluding tert-OH is 1. The number of carbonyl (C=O) groups is 1. The van der Waals surface area contributed by atoms with Gasteiger partial charge in [-0.3, -0.25) is 4.79 Å². The molecule has 0 bridgehead atoms. The molecule has 0 saturated heterocycles. The molecule has 96 valence electrons. The molecular weight excluding hydrogens is 252 g/mol. The quantitative estimate of drug-likeness (QED) is 0.908. The van der Waals surface area contributed by atoms with E-state index in [-0.39, 0.29) is 12.5 Å². The third-order valence-corrected chi connectivity index (χ3v) is 3.57. The maximum Gasteiger partial charge on any atom is 0.282 e. The van der Waals surface area contributed by atoms with Crippen LogP contribution >= 0.6 is 11.3 Å². The van der Waals surface area contributed by atoms with Crippen molar-refractivity contribution in [3.8, 4) is 5.75 Å². The molecule has 0 saturated carbocycles. The Labute approximate surface area is 109 Å². The molecule has 0 aliphatic heterocycles.